The van der Waals surface area contributed by atoms with Crippen LogP contribution in [0.15, 0.2) is 40.9 Å². The number of benzene rings is 2. The first-order valence-corrected chi connectivity index (χ1v) is 7.21. The summed E-state index contributed by atoms with van der Waals surface area (Å²) in [4.78, 5) is 2.51. The van der Waals surface area contributed by atoms with Gasteiger partial charge in [0.1, 0.15) is 0 Å². The molecule has 1 aliphatic rings. The molecule has 0 aromatic heterocycles. The smallest absolute Gasteiger partial charge is 0.0450 e. The van der Waals surface area contributed by atoms with Crippen molar-refractivity contribution < 1.29 is 0 Å². The summed E-state index contributed by atoms with van der Waals surface area (Å²) in [5, 5.41) is 6.07. The zero-order valence-corrected chi connectivity index (χ0v) is 12.1. The molecule has 0 amide bonds. The predicted octanol–water partition coefficient (Wildman–Crippen LogP) is 3.40. The van der Waals surface area contributed by atoms with E-state index in [-0.39, 0.29) is 0 Å². The van der Waals surface area contributed by atoms with E-state index in [1.807, 2.05) is 0 Å². The molecule has 1 aliphatic heterocycles. The molecule has 0 bridgehead atoms. The van der Waals surface area contributed by atoms with E-state index in [2.05, 4.69) is 69.5 Å². The Morgan fingerprint density at radius 2 is 1.94 bits per heavy atom. The molecular weight excluding hydrogens is 288 g/mol. The van der Waals surface area contributed by atoms with E-state index in [4.69, 9.17) is 0 Å². The highest BCUT2D eigenvalue weighted by molar-refractivity contribution is 9.10. The number of hydrogen-bond acceptors (Lipinski definition) is 2. The Balaban J connectivity index is 2.14. The molecule has 2 nitrogen and oxygen atoms in total. The molecular formula is C15H17BrN2. The van der Waals surface area contributed by atoms with Gasteiger partial charge in [0.15, 0.2) is 0 Å². The molecule has 0 saturated carbocycles. The van der Waals surface area contributed by atoms with Crippen LogP contribution in [0.4, 0.5) is 5.69 Å². The van der Waals surface area contributed by atoms with Crippen molar-refractivity contribution >= 4 is 32.4 Å². The lowest BCUT2D eigenvalue weighted by atomic mass is 10.1. The minimum absolute atomic E-state index is 0.545. The molecule has 0 aliphatic carbocycles. The van der Waals surface area contributed by atoms with Crippen molar-refractivity contribution in [1.82, 2.24) is 5.32 Å². The van der Waals surface area contributed by atoms with Gasteiger partial charge in [-0.15, -0.1) is 0 Å². The lowest BCUT2D eigenvalue weighted by Gasteiger charge is -2.36. The lowest BCUT2D eigenvalue weighted by Crippen LogP contribution is -2.50. The normalized spacial score (nSPS) is 20.3. The number of nitrogens with one attached hydrogen (secondary N) is 1. The number of halogens is 1. The largest absolute Gasteiger partial charge is 0.366 e. The van der Waals surface area contributed by atoms with Gasteiger partial charge in [-0.05, 0) is 24.4 Å². The summed E-state index contributed by atoms with van der Waals surface area (Å²) in [6.07, 6.45) is 0. The highest BCUT2D eigenvalue weighted by atomic mass is 79.9. The molecule has 18 heavy (non-hydrogen) atoms. The summed E-state index contributed by atoms with van der Waals surface area (Å²) in [6, 6.07) is 13.5. The lowest BCUT2D eigenvalue weighted by molar-refractivity contribution is 0.502. The van der Waals surface area contributed by atoms with Crippen LogP contribution in [0, 0.1) is 0 Å². The minimum Gasteiger partial charge on any atom is -0.366 e. The molecule has 2 aromatic rings. The van der Waals surface area contributed by atoms with Gasteiger partial charge in [0.2, 0.25) is 0 Å². The fourth-order valence-electron chi connectivity index (χ4n) is 2.70. The van der Waals surface area contributed by atoms with E-state index in [1.54, 1.807) is 0 Å². The Morgan fingerprint density at radius 3 is 2.72 bits per heavy atom. The van der Waals surface area contributed by atoms with Crippen LogP contribution in [0.25, 0.3) is 10.8 Å². The molecule has 1 fully saturated rings. The van der Waals surface area contributed by atoms with Crippen molar-refractivity contribution in [3.05, 3.63) is 40.9 Å². The van der Waals surface area contributed by atoms with Crippen LogP contribution < -0.4 is 10.2 Å². The summed E-state index contributed by atoms with van der Waals surface area (Å²) >= 11 is 3.64. The second-order valence-electron chi connectivity index (χ2n) is 4.86. The zero-order chi connectivity index (χ0) is 12.5. The standard InChI is InChI=1S/C15H17BrN2/c1-11-10-17-8-9-18(11)15-7-6-14(16)12-4-2-3-5-13(12)15/h2-7,11,17H,8-10H2,1H3. The van der Waals surface area contributed by atoms with Crippen molar-refractivity contribution in [2.75, 3.05) is 24.5 Å². The van der Waals surface area contributed by atoms with Gasteiger partial charge >= 0.3 is 0 Å². The number of anilines is 1. The molecule has 0 radical (unpaired) electrons. The average molecular weight is 305 g/mol. The van der Waals surface area contributed by atoms with Gasteiger partial charge in [0.05, 0.1) is 0 Å². The molecule has 1 unspecified atom stereocenters. The monoisotopic (exact) mass is 304 g/mol. The second-order valence-corrected chi connectivity index (χ2v) is 5.71. The highest BCUT2D eigenvalue weighted by Crippen LogP contribution is 2.33. The van der Waals surface area contributed by atoms with Gasteiger partial charge in [0.25, 0.3) is 0 Å². The molecule has 2 aromatic carbocycles. The van der Waals surface area contributed by atoms with Gasteiger partial charge in [-0.3, -0.25) is 0 Å². The van der Waals surface area contributed by atoms with E-state index in [0.29, 0.717) is 6.04 Å². The molecule has 1 saturated heterocycles. The zero-order valence-electron chi connectivity index (χ0n) is 10.5. The van der Waals surface area contributed by atoms with Gasteiger partial charge in [-0.1, -0.05) is 40.2 Å². The van der Waals surface area contributed by atoms with Gasteiger partial charge in [-0.25, -0.2) is 0 Å². The van der Waals surface area contributed by atoms with Crippen LogP contribution in [0.5, 0.6) is 0 Å². The molecule has 3 rings (SSSR count). The molecule has 1 atom stereocenters. The maximum Gasteiger partial charge on any atom is 0.0450 e. The quantitative estimate of drug-likeness (QED) is 0.868. The Hall–Kier alpha value is -1.06. The summed E-state index contributed by atoms with van der Waals surface area (Å²) < 4.78 is 1.17. The first-order chi connectivity index (χ1) is 8.77. The van der Waals surface area contributed by atoms with E-state index < -0.39 is 0 Å². The van der Waals surface area contributed by atoms with Crippen LogP contribution in [-0.2, 0) is 0 Å². The van der Waals surface area contributed by atoms with Crippen molar-refractivity contribution in [3.8, 4) is 0 Å². The fourth-order valence-corrected chi connectivity index (χ4v) is 3.17. The Bertz CT molecular complexity index is 567. The fraction of sp³-hybridized carbons (Fsp3) is 0.333. The maximum atomic E-state index is 3.64. The Kier molecular flexibility index (Phi) is 3.27. The van der Waals surface area contributed by atoms with Crippen molar-refractivity contribution in [2.24, 2.45) is 0 Å². The Labute approximate surface area is 116 Å². The first-order valence-electron chi connectivity index (χ1n) is 6.42. The van der Waals surface area contributed by atoms with E-state index >= 15 is 0 Å². The van der Waals surface area contributed by atoms with Gasteiger partial charge < -0.3 is 10.2 Å². The summed E-state index contributed by atoms with van der Waals surface area (Å²) in [6.45, 7) is 5.48. The molecule has 0 spiro atoms. The summed E-state index contributed by atoms with van der Waals surface area (Å²) in [5.74, 6) is 0. The van der Waals surface area contributed by atoms with Gasteiger partial charge in [-0.2, -0.15) is 0 Å². The van der Waals surface area contributed by atoms with Crippen LogP contribution >= 0.6 is 15.9 Å². The molecule has 1 N–H and O–H groups in total. The number of fused-ring (bicyclic) bond motifs is 1. The number of rotatable bonds is 1. The Morgan fingerprint density at radius 1 is 1.17 bits per heavy atom. The van der Waals surface area contributed by atoms with Crippen molar-refractivity contribution in [3.63, 3.8) is 0 Å². The van der Waals surface area contributed by atoms with E-state index in [9.17, 15) is 0 Å². The van der Waals surface area contributed by atoms with E-state index in [0.717, 1.165) is 19.6 Å². The number of hydrogen-bond donors (Lipinski definition) is 1. The summed E-state index contributed by atoms with van der Waals surface area (Å²) in [7, 11) is 0. The second kappa shape index (κ2) is 4.90. The van der Waals surface area contributed by atoms with Crippen LogP contribution in [-0.4, -0.2) is 25.7 Å². The topological polar surface area (TPSA) is 15.3 Å². The van der Waals surface area contributed by atoms with Gasteiger partial charge in [0, 0.05) is 41.2 Å². The predicted molar refractivity (Wildman–Crippen MR) is 81.3 cm³/mol. The molecule has 1 heterocycles. The highest BCUT2D eigenvalue weighted by Gasteiger charge is 2.20. The SMILES string of the molecule is CC1CNCCN1c1ccc(Br)c2ccccc12. The van der Waals surface area contributed by atoms with E-state index in [1.165, 1.54) is 20.9 Å². The number of nitrogens with zero attached hydrogens (tertiary/aromatic N) is 1. The van der Waals surface area contributed by atoms with Crippen molar-refractivity contribution in [2.45, 2.75) is 13.0 Å². The van der Waals surface area contributed by atoms with Crippen LogP contribution in [0.3, 0.4) is 0 Å². The third kappa shape index (κ3) is 2.02. The van der Waals surface area contributed by atoms with Crippen LogP contribution in [0.1, 0.15) is 6.92 Å². The molecule has 3 heteroatoms. The maximum absolute atomic E-state index is 3.64. The molecule has 94 valence electrons. The van der Waals surface area contributed by atoms with Crippen LogP contribution in [0.2, 0.25) is 0 Å². The number of piperazine rings is 1. The first kappa shape index (κ1) is 12.0. The average Bonchev–Trinajstić information content (AvgIpc) is 2.41. The van der Waals surface area contributed by atoms with Crippen molar-refractivity contribution in [1.29, 1.82) is 0 Å². The third-order valence-electron chi connectivity index (χ3n) is 3.66. The summed E-state index contributed by atoms with van der Waals surface area (Å²) in [5.41, 5.74) is 1.35. The minimum atomic E-state index is 0.545. The third-order valence-corrected chi connectivity index (χ3v) is 4.35.